The van der Waals surface area contributed by atoms with Crippen molar-refractivity contribution in [2.45, 2.75) is 87.0 Å². The first-order valence-corrected chi connectivity index (χ1v) is 14.5. The zero-order valence-electron chi connectivity index (χ0n) is 24.9. The summed E-state index contributed by atoms with van der Waals surface area (Å²) >= 11 is 0. The second-order valence-electron chi connectivity index (χ2n) is 13.4. The normalized spacial score (nSPS) is 28.7. The Bertz CT molecular complexity index is 1420. The van der Waals surface area contributed by atoms with E-state index in [9.17, 15) is 0 Å². The van der Waals surface area contributed by atoms with Gasteiger partial charge in [0.15, 0.2) is 0 Å². The van der Waals surface area contributed by atoms with Gasteiger partial charge in [0.25, 0.3) is 0 Å². The van der Waals surface area contributed by atoms with Gasteiger partial charge >= 0.3 is 0 Å². The minimum absolute atomic E-state index is 0.0751. The third kappa shape index (κ3) is 3.78. The zero-order chi connectivity index (χ0) is 27.6. The number of hydrogen-bond donors (Lipinski definition) is 0. The Hall–Kier alpha value is -2.86. The fourth-order valence-corrected chi connectivity index (χ4v) is 8.96. The van der Waals surface area contributed by atoms with E-state index in [-0.39, 0.29) is 16.2 Å². The predicted molar refractivity (Wildman–Crippen MR) is 165 cm³/mol. The van der Waals surface area contributed by atoms with Gasteiger partial charge < -0.3 is 0 Å². The summed E-state index contributed by atoms with van der Waals surface area (Å²) in [5.41, 5.74) is 16.8. The maximum atomic E-state index is 4.83. The van der Waals surface area contributed by atoms with Gasteiger partial charge in [0.2, 0.25) is 0 Å². The van der Waals surface area contributed by atoms with Crippen molar-refractivity contribution < 1.29 is 0 Å². The molecule has 0 unspecified atom stereocenters. The molecule has 3 aliphatic rings. The molecule has 0 saturated carbocycles. The van der Waals surface area contributed by atoms with Crippen molar-refractivity contribution in [1.29, 1.82) is 0 Å². The molecule has 0 bridgehead atoms. The molecule has 0 fully saturated rings. The molecule has 3 aliphatic carbocycles. The quantitative estimate of drug-likeness (QED) is 0.381. The van der Waals surface area contributed by atoms with Gasteiger partial charge in [-0.15, -0.1) is 0 Å². The van der Waals surface area contributed by atoms with Gasteiger partial charge in [-0.1, -0.05) is 99.7 Å². The summed E-state index contributed by atoms with van der Waals surface area (Å²) < 4.78 is 0. The van der Waals surface area contributed by atoms with E-state index < -0.39 is 0 Å². The van der Waals surface area contributed by atoms with Crippen molar-refractivity contribution in [2.24, 2.45) is 16.2 Å². The first kappa shape index (κ1) is 26.7. The summed E-state index contributed by atoms with van der Waals surface area (Å²) in [7, 11) is 0. The van der Waals surface area contributed by atoms with Gasteiger partial charge in [0, 0.05) is 5.41 Å². The Kier molecular flexibility index (Phi) is 6.41. The Balaban J connectivity index is 1.59. The fourth-order valence-electron chi connectivity index (χ4n) is 8.96. The monoisotopic (exact) mass is 502 g/mol. The molecule has 0 saturated heterocycles. The summed E-state index contributed by atoms with van der Waals surface area (Å²) in [4.78, 5) is 0. The number of aryl methyl sites for hydroxylation is 3. The van der Waals surface area contributed by atoms with Crippen molar-refractivity contribution in [1.82, 2.24) is 0 Å². The van der Waals surface area contributed by atoms with E-state index in [0.29, 0.717) is 0 Å². The molecule has 5 rings (SSSR count). The highest BCUT2D eigenvalue weighted by atomic mass is 14.6. The van der Waals surface area contributed by atoms with Crippen molar-refractivity contribution in [3.63, 3.8) is 0 Å². The molecule has 2 aromatic rings. The molecule has 198 valence electrons. The summed E-state index contributed by atoms with van der Waals surface area (Å²) in [6.45, 7) is 30.6. The molecule has 0 aliphatic heterocycles. The van der Waals surface area contributed by atoms with E-state index in [4.69, 9.17) is 13.2 Å². The van der Waals surface area contributed by atoms with Crippen LogP contribution in [0.5, 0.6) is 0 Å². The first-order valence-electron chi connectivity index (χ1n) is 14.5. The molecule has 0 N–H and O–H groups in total. The van der Waals surface area contributed by atoms with Crippen LogP contribution in [0.25, 0.3) is 5.57 Å². The number of fused-ring (bicyclic) bond motifs is 3. The Morgan fingerprint density at radius 2 is 1.58 bits per heavy atom. The maximum Gasteiger partial charge on any atom is 0.0194 e. The van der Waals surface area contributed by atoms with Gasteiger partial charge in [-0.25, -0.2) is 0 Å². The molecule has 0 heterocycles. The smallest absolute Gasteiger partial charge is 0.0194 e. The van der Waals surface area contributed by atoms with Crippen molar-refractivity contribution in [2.75, 3.05) is 0 Å². The second kappa shape index (κ2) is 9.11. The van der Waals surface area contributed by atoms with Gasteiger partial charge in [0.05, 0.1) is 0 Å². The predicted octanol–water partition coefficient (Wildman–Crippen LogP) is 10.3. The summed E-state index contributed by atoms with van der Waals surface area (Å²) in [5, 5.41) is 0. The largest absolute Gasteiger partial charge is 0.0955 e. The average molecular weight is 503 g/mol. The molecular weight excluding hydrogens is 456 g/mol. The van der Waals surface area contributed by atoms with Crippen LogP contribution in [0.3, 0.4) is 0 Å². The minimum Gasteiger partial charge on any atom is -0.0955 e. The lowest BCUT2D eigenvalue weighted by atomic mass is 9.41. The van der Waals surface area contributed by atoms with Crippen LogP contribution in [0.15, 0.2) is 95.6 Å². The number of benzene rings is 2. The molecule has 0 radical (unpaired) electrons. The van der Waals surface area contributed by atoms with Crippen molar-refractivity contribution in [3.8, 4) is 0 Å². The van der Waals surface area contributed by atoms with Crippen LogP contribution in [0, 0.1) is 23.2 Å². The molecule has 2 aromatic carbocycles. The maximum absolute atomic E-state index is 4.83. The highest BCUT2D eigenvalue weighted by molar-refractivity contribution is 5.87. The van der Waals surface area contributed by atoms with E-state index in [1.165, 1.54) is 62.1 Å². The van der Waals surface area contributed by atoms with Gasteiger partial charge in [-0.3, -0.25) is 0 Å². The number of hydrogen-bond acceptors (Lipinski definition) is 0. The molecule has 0 spiro atoms. The van der Waals surface area contributed by atoms with Crippen LogP contribution < -0.4 is 0 Å². The third-order valence-electron chi connectivity index (χ3n) is 10.7. The molecule has 0 nitrogen and oxygen atoms in total. The van der Waals surface area contributed by atoms with Crippen LogP contribution in [0.2, 0.25) is 0 Å². The van der Waals surface area contributed by atoms with E-state index in [1.54, 1.807) is 5.56 Å². The van der Waals surface area contributed by atoms with E-state index in [2.05, 4.69) is 97.5 Å². The Morgan fingerprint density at radius 1 is 0.895 bits per heavy atom. The van der Waals surface area contributed by atoms with Crippen LogP contribution in [-0.2, 0) is 19.3 Å². The van der Waals surface area contributed by atoms with Crippen molar-refractivity contribution in [3.05, 3.63) is 123 Å². The molecule has 0 aromatic heterocycles. The summed E-state index contributed by atoms with van der Waals surface area (Å²) in [5.74, 6) is 0. The average Bonchev–Trinajstić information content (AvgIpc) is 2.83. The standard InChI is InChI=1S/C38H46/c1-24(2)33-26(4)21-37(9)23-36(8)22-32-31(18-14-17-30-15-12-11-13-16-30)20-19-25(3)34(32)27(5)35(36)29(7)38(37,10)28(33)6/h11-13,15-16,19-20H,1,5-6,14,17-18,21-23H2,2-4,7-10H3/t36-,37+,38-/m1/s1. The molecular formula is C38H46. The fraction of sp³-hybridized carbons (Fsp3) is 0.421. The van der Waals surface area contributed by atoms with Crippen LogP contribution in [0.1, 0.15) is 88.6 Å². The topological polar surface area (TPSA) is 0 Å². The van der Waals surface area contributed by atoms with Crippen LogP contribution >= 0.6 is 0 Å². The highest BCUT2D eigenvalue weighted by Gasteiger charge is 2.59. The molecule has 0 amide bonds. The molecule has 38 heavy (non-hydrogen) atoms. The summed E-state index contributed by atoms with van der Waals surface area (Å²) in [6.07, 6.45) is 6.77. The molecule has 0 heteroatoms. The third-order valence-corrected chi connectivity index (χ3v) is 10.7. The first-order chi connectivity index (χ1) is 17.8. The van der Waals surface area contributed by atoms with Crippen LogP contribution in [0.4, 0.5) is 0 Å². The Labute approximate surface area is 232 Å². The van der Waals surface area contributed by atoms with Gasteiger partial charge in [-0.2, -0.15) is 0 Å². The number of rotatable bonds is 5. The zero-order valence-corrected chi connectivity index (χ0v) is 24.9. The summed E-state index contributed by atoms with van der Waals surface area (Å²) in [6, 6.07) is 15.6. The van der Waals surface area contributed by atoms with Crippen molar-refractivity contribution >= 4 is 5.57 Å². The van der Waals surface area contributed by atoms with E-state index in [0.717, 1.165) is 37.7 Å². The second-order valence-corrected chi connectivity index (χ2v) is 13.4. The van der Waals surface area contributed by atoms with E-state index >= 15 is 0 Å². The van der Waals surface area contributed by atoms with Gasteiger partial charge in [-0.05, 0) is 127 Å². The van der Waals surface area contributed by atoms with Crippen LogP contribution in [-0.4, -0.2) is 0 Å². The highest BCUT2D eigenvalue weighted by Crippen LogP contribution is 2.70. The lowest BCUT2D eigenvalue weighted by Crippen LogP contribution is -2.52. The number of allylic oxidation sites excluding steroid dienone is 7. The SMILES string of the molecule is C=C(C)C1=C(C)C[C@@]2(C)C[C@@]3(C)Cc4c(CCCc5ccccc5)ccc(C)c4C(=C)C3=C(C)[C@@]2(C)C1=C. The lowest BCUT2D eigenvalue weighted by Gasteiger charge is -2.62. The van der Waals surface area contributed by atoms with E-state index in [1.807, 2.05) is 0 Å². The Morgan fingerprint density at radius 3 is 2.24 bits per heavy atom. The molecule has 3 atom stereocenters. The van der Waals surface area contributed by atoms with Gasteiger partial charge in [0.1, 0.15) is 0 Å². The minimum atomic E-state index is -0.0999. The lowest BCUT2D eigenvalue weighted by molar-refractivity contribution is 0.0543.